The Morgan fingerprint density at radius 3 is 1.81 bits per heavy atom. The van der Waals surface area contributed by atoms with Crippen LogP contribution in [0.4, 0.5) is 34.1 Å². The van der Waals surface area contributed by atoms with E-state index in [1.807, 2.05) is 105 Å². The van der Waals surface area contributed by atoms with Crippen LogP contribution in [0.3, 0.4) is 0 Å². The van der Waals surface area contributed by atoms with Gasteiger partial charge in [0.25, 0.3) is 0 Å². The third-order valence-electron chi connectivity index (χ3n) is 12.6. The summed E-state index contributed by atoms with van der Waals surface area (Å²) in [6.45, 7) is 8.04. The maximum atomic E-state index is 9.53. The predicted octanol–water partition coefficient (Wildman–Crippen LogP) is 15.1. The molecule has 0 atom stereocenters. The lowest BCUT2D eigenvalue weighted by Crippen LogP contribution is -2.17. The third kappa shape index (κ3) is 5.69. The van der Waals surface area contributed by atoms with Gasteiger partial charge in [0.2, 0.25) is 0 Å². The molecule has 0 radical (unpaired) electrons. The van der Waals surface area contributed by atoms with E-state index >= 15 is 0 Å². The fraction of sp³-hybridized carbons (Fsp3) is 0.0862. The highest BCUT2D eigenvalue weighted by molar-refractivity contribution is 6.36. The van der Waals surface area contributed by atoms with Gasteiger partial charge in [0.05, 0.1) is 54.2 Å². The normalized spacial score (nSPS) is 15.0. The molecule has 12 rings (SSSR count). The first kappa shape index (κ1) is 28.5. The first-order valence-corrected chi connectivity index (χ1v) is 21.1. The lowest BCUT2D eigenvalue weighted by molar-refractivity contribution is 0.657. The van der Waals surface area contributed by atoms with E-state index in [0.29, 0.717) is 22.7 Å². The summed E-state index contributed by atoms with van der Waals surface area (Å²) >= 11 is 0. The first-order valence-electron chi connectivity index (χ1n) is 26.1. The van der Waals surface area contributed by atoms with Crippen molar-refractivity contribution in [1.29, 1.82) is 0 Å². The minimum absolute atomic E-state index is 0.0286. The van der Waals surface area contributed by atoms with Gasteiger partial charge in [0.15, 0.2) is 0 Å². The fourth-order valence-corrected chi connectivity index (χ4v) is 9.74. The van der Waals surface area contributed by atoms with E-state index in [9.17, 15) is 5.48 Å². The highest BCUT2D eigenvalue weighted by atomic mass is 15.2. The van der Waals surface area contributed by atoms with Gasteiger partial charge in [-0.25, -0.2) is 0 Å². The van der Waals surface area contributed by atoms with Crippen molar-refractivity contribution in [3.63, 3.8) is 0 Å². The van der Waals surface area contributed by atoms with Gasteiger partial charge in [0.1, 0.15) is 0 Å². The van der Waals surface area contributed by atoms with Crippen molar-refractivity contribution in [3.05, 3.63) is 217 Å². The van der Waals surface area contributed by atoms with Crippen LogP contribution in [0.25, 0.3) is 60.2 Å². The monoisotopic (exact) mass is 834 g/mol. The summed E-state index contributed by atoms with van der Waals surface area (Å²) in [5.74, 6) is 0. The number of para-hydroxylation sites is 3. The summed E-state index contributed by atoms with van der Waals surface area (Å²) in [5.41, 5.74) is 9.22. The summed E-state index contributed by atoms with van der Waals surface area (Å²) in [7, 11) is 0. The lowest BCUT2D eigenvalue weighted by atomic mass is 9.82. The summed E-state index contributed by atoms with van der Waals surface area (Å²) in [4.78, 5) is 17.4. The van der Waals surface area contributed by atoms with E-state index < -0.39 is 41.7 Å². The molecule has 64 heavy (non-hydrogen) atoms. The third-order valence-corrected chi connectivity index (χ3v) is 12.6. The SMILES string of the molecule is [2H]c1c([2H])c([2H])c(N(c2ccc(C)nc2)c2ccc3c(c2)c2ccccc2c2c4c(N(c5ccc(C)nc5)c5c([2H])c([2H])c([2H])c([2H])c5[2H])cc5c(c4n(-c4ccccc4)c32)-c2ccncc2C5(C)C)c([2H])c1[2H]. The topological polar surface area (TPSA) is 50.1 Å². The first-order chi connectivity index (χ1) is 35.5. The minimum Gasteiger partial charge on any atom is -0.309 e. The Kier molecular flexibility index (Phi) is 6.46. The van der Waals surface area contributed by atoms with E-state index in [4.69, 9.17) is 13.2 Å². The molecule has 0 saturated carbocycles. The Morgan fingerprint density at radius 2 is 1.14 bits per heavy atom. The summed E-state index contributed by atoms with van der Waals surface area (Å²) < 4.78 is 92.2. The number of pyridine rings is 3. The summed E-state index contributed by atoms with van der Waals surface area (Å²) in [6, 6.07) is 31.2. The Bertz CT molecular complexity index is 4140. The van der Waals surface area contributed by atoms with Crippen molar-refractivity contribution in [2.24, 2.45) is 0 Å². The molecular weight excluding hydrogens is 781 g/mol. The van der Waals surface area contributed by atoms with Gasteiger partial charge in [-0.3, -0.25) is 15.0 Å². The zero-order chi connectivity index (χ0) is 51.8. The number of anilines is 6. The molecule has 4 heterocycles. The molecule has 306 valence electrons. The second-order valence-corrected chi connectivity index (χ2v) is 16.7. The number of nitrogens with zero attached hydrogens (tertiary/aromatic N) is 6. The molecule has 0 aliphatic heterocycles. The molecule has 0 fully saturated rings. The van der Waals surface area contributed by atoms with Crippen molar-refractivity contribution < 1.29 is 13.7 Å². The van der Waals surface area contributed by atoms with Crippen LogP contribution >= 0.6 is 0 Å². The van der Waals surface area contributed by atoms with Gasteiger partial charge in [0, 0.05) is 73.7 Å². The maximum absolute atomic E-state index is 9.53. The highest BCUT2D eigenvalue weighted by Gasteiger charge is 2.40. The summed E-state index contributed by atoms with van der Waals surface area (Å²) in [5, 5.41) is 4.90. The summed E-state index contributed by atoms with van der Waals surface area (Å²) in [6.07, 6.45) is 7.02. The van der Waals surface area contributed by atoms with Crippen molar-refractivity contribution in [1.82, 2.24) is 19.5 Å². The van der Waals surface area contributed by atoms with E-state index in [-0.39, 0.29) is 35.5 Å². The molecule has 6 nitrogen and oxygen atoms in total. The smallest absolute Gasteiger partial charge is 0.0645 e. The van der Waals surface area contributed by atoms with Crippen molar-refractivity contribution >= 4 is 77.5 Å². The lowest BCUT2D eigenvalue weighted by Gasteiger charge is -2.29. The number of aryl methyl sites for hydroxylation is 2. The molecule has 0 unspecified atom stereocenters. The van der Waals surface area contributed by atoms with E-state index in [1.54, 1.807) is 28.4 Å². The molecule has 4 aromatic heterocycles. The van der Waals surface area contributed by atoms with Gasteiger partial charge in [-0.05, 0) is 132 Å². The highest BCUT2D eigenvalue weighted by Crippen LogP contribution is 2.58. The van der Waals surface area contributed by atoms with Gasteiger partial charge in [-0.15, -0.1) is 0 Å². The predicted molar refractivity (Wildman–Crippen MR) is 266 cm³/mol. The number of fused-ring (bicyclic) bond motifs is 12. The maximum Gasteiger partial charge on any atom is 0.0645 e. The average molecular weight is 835 g/mol. The van der Waals surface area contributed by atoms with Gasteiger partial charge in [-0.1, -0.05) is 98.6 Å². The van der Waals surface area contributed by atoms with E-state index in [1.165, 1.54) is 0 Å². The molecule has 1 aliphatic carbocycles. The molecule has 7 aromatic carbocycles. The van der Waals surface area contributed by atoms with Crippen molar-refractivity contribution in [3.8, 4) is 16.8 Å². The molecule has 0 N–H and O–H groups in total. The van der Waals surface area contributed by atoms with Crippen LogP contribution in [0.5, 0.6) is 0 Å². The standard InChI is InChI=1S/C58H44N6/c1-37-24-26-43(34-60-37)62(39-16-8-5-9-17-39)42-28-29-47-49(32-42)45-22-14-15-23-46(45)54-55-52(63(40-18-10-6-11-19-40)44-27-25-38(2)61-35-44)33-50-53(48-30-31-59-36-51(48)58(50,3)4)57(55)64(56(47)54)41-20-12-7-13-21-41/h5-36H,1-4H3/i5D,6D,8D,9D,10D,11D,16D,17D,18D,19D. The zero-order valence-electron chi connectivity index (χ0n) is 45.4. The van der Waals surface area contributed by atoms with Crippen LogP contribution in [-0.4, -0.2) is 19.5 Å². The molecule has 0 bridgehead atoms. The second-order valence-electron chi connectivity index (χ2n) is 16.7. The van der Waals surface area contributed by atoms with E-state index in [2.05, 4.69) is 52.6 Å². The molecule has 11 aromatic rings. The number of hydrogen-bond acceptors (Lipinski definition) is 5. The van der Waals surface area contributed by atoms with Crippen molar-refractivity contribution in [2.75, 3.05) is 9.80 Å². The average Bonchev–Trinajstić information content (AvgIpc) is 4.01. The second kappa shape index (κ2) is 14.5. The largest absolute Gasteiger partial charge is 0.309 e. The zero-order valence-corrected chi connectivity index (χ0v) is 35.4. The molecule has 0 spiro atoms. The van der Waals surface area contributed by atoms with Crippen LogP contribution in [0.1, 0.15) is 50.1 Å². The fourth-order valence-electron chi connectivity index (χ4n) is 9.74. The van der Waals surface area contributed by atoms with Crippen LogP contribution in [0.15, 0.2) is 194 Å². The quantitative estimate of drug-likeness (QED) is 0.150. The Morgan fingerprint density at radius 1 is 0.516 bits per heavy atom. The Balaban J connectivity index is 1.31. The number of aromatic nitrogens is 4. The molecule has 0 amide bonds. The number of hydrogen-bond donors (Lipinski definition) is 0. The van der Waals surface area contributed by atoms with Crippen molar-refractivity contribution in [2.45, 2.75) is 33.1 Å². The van der Waals surface area contributed by atoms with Crippen LogP contribution in [0, 0.1) is 13.8 Å². The molecule has 0 saturated heterocycles. The Hall–Kier alpha value is -8.09. The van der Waals surface area contributed by atoms with Crippen LogP contribution in [0.2, 0.25) is 0 Å². The molecule has 1 aliphatic rings. The van der Waals surface area contributed by atoms with Gasteiger partial charge >= 0.3 is 0 Å². The van der Waals surface area contributed by atoms with Crippen LogP contribution in [-0.2, 0) is 5.41 Å². The van der Waals surface area contributed by atoms with Gasteiger partial charge < -0.3 is 14.4 Å². The Labute approximate surface area is 386 Å². The molecule has 6 heteroatoms. The minimum atomic E-state index is -0.631. The van der Waals surface area contributed by atoms with Crippen LogP contribution < -0.4 is 9.80 Å². The molecular formula is C58H44N6. The number of rotatable bonds is 7. The van der Waals surface area contributed by atoms with Gasteiger partial charge in [-0.2, -0.15) is 0 Å². The number of benzene rings is 7. The van der Waals surface area contributed by atoms with E-state index in [0.717, 1.165) is 82.7 Å².